The van der Waals surface area contributed by atoms with Gasteiger partial charge in [0, 0.05) is 5.69 Å². The van der Waals surface area contributed by atoms with Gasteiger partial charge in [0.25, 0.3) is 0 Å². The van der Waals surface area contributed by atoms with Gasteiger partial charge in [-0.1, -0.05) is 0 Å². The van der Waals surface area contributed by atoms with E-state index >= 15 is 0 Å². The molecular formula is C12H9F3N2O2. The number of nitrogens with two attached hydrogens (primary N) is 1. The summed E-state index contributed by atoms with van der Waals surface area (Å²) < 4.78 is 38.2. The lowest BCUT2D eigenvalue weighted by Gasteiger charge is -2.19. The third-order valence-electron chi connectivity index (χ3n) is 3.47. The zero-order valence-electron chi connectivity index (χ0n) is 9.57. The molecule has 19 heavy (non-hydrogen) atoms. The first kappa shape index (κ1) is 12.0. The van der Waals surface area contributed by atoms with E-state index in [1.54, 1.807) is 0 Å². The maximum absolute atomic E-state index is 12.7. The van der Waals surface area contributed by atoms with Gasteiger partial charge in [-0.3, -0.25) is 14.5 Å². The van der Waals surface area contributed by atoms with Crippen molar-refractivity contribution >= 4 is 23.2 Å². The van der Waals surface area contributed by atoms with E-state index in [0.717, 1.165) is 17.0 Å². The number of hydrogen-bond acceptors (Lipinski definition) is 3. The lowest BCUT2D eigenvalue weighted by molar-refractivity contribution is -0.137. The molecule has 0 bridgehead atoms. The Bertz CT molecular complexity index is 577. The standard InChI is InChI=1S/C12H9F3N2O2/c13-12(14,15)8-3-5(1-2-9(8)16)17-10(18)6-4-7(6)11(17)19/h1-3,6-7H,4,16H2. The van der Waals surface area contributed by atoms with E-state index in [4.69, 9.17) is 5.73 Å². The fourth-order valence-corrected chi connectivity index (χ4v) is 2.36. The van der Waals surface area contributed by atoms with Crippen LogP contribution in [0.3, 0.4) is 0 Å². The lowest BCUT2D eigenvalue weighted by Crippen LogP contribution is -2.33. The molecule has 1 saturated carbocycles. The highest BCUT2D eigenvalue weighted by molar-refractivity contribution is 6.24. The Morgan fingerprint density at radius 2 is 1.74 bits per heavy atom. The fraction of sp³-hybridized carbons (Fsp3) is 0.333. The molecule has 2 N–H and O–H groups in total. The van der Waals surface area contributed by atoms with Crippen molar-refractivity contribution in [1.82, 2.24) is 0 Å². The molecule has 4 nitrogen and oxygen atoms in total. The Labute approximate surface area is 106 Å². The quantitative estimate of drug-likeness (QED) is 0.625. The third-order valence-corrected chi connectivity index (χ3v) is 3.47. The second-order valence-electron chi connectivity index (χ2n) is 4.73. The van der Waals surface area contributed by atoms with E-state index in [0.29, 0.717) is 6.42 Å². The molecule has 1 heterocycles. The van der Waals surface area contributed by atoms with Gasteiger partial charge in [-0.25, -0.2) is 0 Å². The van der Waals surface area contributed by atoms with Crippen molar-refractivity contribution in [3.05, 3.63) is 23.8 Å². The average molecular weight is 270 g/mol. The Morgan fingerprint density at radius 1 is 1.16 bits per heavy atom. The molecule has 2 atom stereocenters. The van der Waals surface area contributed by atoms with Gasteiger partial charge in [0.1, 0.15) is 0 Å². The van der Waals surface area contributed by atoms with Crippen molar-refractivity contribution in [1.29, 1.82) is 0 Å². The van der Waals surface area contributed by atoms with E-state index in [2.05, 4.69) is 0 Å². The number of piperidine rings is 1. The summed E-state index contributed by atoms with van der Waals surface area (Å²) in [6, 6.07) is 3.06. The zero-order valence-corrected chi connectivity index (χ0v) is 9.57. The van der Waals surface area contributed by atoms with Crippen LogP contribution in [0.2, 0.25) is 0 Å². The summed E-state index contributed by atoms with van der Waals surface area (Å²) in [5.41, 5.74) is 3.74. The minimum atomic E-state index is -4.62. The molecule has 2 unspecified atom stereocenters. The second kappa shape index (κ2) is 3.49. The molecule has 2 fully saturated rings. The Morgan fingerprint density at radius 3 is 2.26 bits per heavy atom. The smallest absolute Gasteiger partial charge is 0.398 e. The summed E-state index contributed by atoms with van der Waals surface area (Å²) in [7, 11) is 0. The van der Waals surface area contributed by atoms with Gasteiger partial charge in [-0.15, -0.1) is 0 Å². The van der Waals surface area contributed by atoms with Gasteiger partial charge in [-0.05, 0) is 24.6 Å². The van der Waals surface area contributed by atoms with Crippen LogP contribution in [0.5, 0.6) is 0 Å². The van der Waals surface area contributed by atoms with Crippen molar-refractivity contribution in [3.8, 4) is 0 Å². The number of hydrogen-bond donors (Lipinski definition) is 1. The Hall–Kier alpha value is -2.05. The number of benzene rings is 1. The number of alkyl halides is 3. The number of nitrogens with zero attached hydrogens (tertiary/aromatic N) is 1. The van der Waals surface area contributed by atoms with Gasteiger partial charge in [0.15, 0.2) is 0 Å². The molecule has 7 heteroatoms. The molecule has 1 aromatic rings. The highest BCUT2D eigenvalue weighted by atomic mass is 19.4. The van der Waals surface area contributed by atoms with Gasteiger partial charge in [0.05, 0.1) is 23.1 Å². The largest absolute Gasteiger partial charge is 0.418 e. The molecule has 100 valence electrons. The van der Waals surface area contributed by atoms with Crippen molar-refractivity contribution < 1.29 is 22.8 Å². The molecule has 3 rings (SSSR count). The van der Waals surface area contributed by atoms with Crippen LogP contribution in [-0.2, 0) is 15.8 Å². The molecular weight excluding hydrogens is 261 g/mol. The van der Waals surface area contributed by atoms with E-state index < -0.39 is 29.2 Å². The summed E-state index contributed by atoms with van der Waals surface area (Å²) in [6.45, 7) is 0. The van der Waals surface area contributed by atoms with E-state index in [1.165, 1.54) is 6.07 Å². The first-order chi connectivity index (χ1) is 8.80. The van der Waals surface area contributed by atoms with Crippen molar-refractivity contribution in [3.63, 3.8) is 0 Å². The summed E-state index contributed by atoms with van der Waals surface area (Å²) >= 11 is 0. The average Bonchev–Trinajstić information content (AvgIpc) is 3.05. The van der Waals surface area contributed by atoms with Crippen molar-refractivity contribution in [2.24, 2.45) is 11.8 Å². The number of halogens is 3. The summed E-state index contributed by atoms with van der Waals surface area (Å²) in [5, 5.41) is 0. The molecule has 0 radical (unpaired) electrons. The van der Waals surface area contributed by atoms with Crippen LogP contribution in [0.15, 0.2) is 18.2 Å². The molecule has 2 aliphatic rings. The van der Waals surface area contributed by atoms with Crippen LogP contribution in [0.1, 0.15) is 12.0 Å². The van der Waals surface area contributed by atoms with Crippen LogP contribution in [0, 0.1) is 11.8 Å². The van der Waals surface area contributed by atoms with E-state index in [1.807, 2.05) is 0 Å². The molecule has 0 spiro atoms. The minimum Gasteiger partial charge on any atom is -0.398 e. The molecule has 1 aromatic carbocycles. The highest BCUT2D eigenvalue weighted by Gasteiger charge is 2.59. The summed E-state index contributed by atoms with van der Waals surface area (Å²) in [6.07, 6.45) is -4.11. The molecule has 1 aliphatic carbocycles. The SMILES string of the molecule is Nc1ccc(N2C(=O)C3CC3C2=O)cc1C(F)(F)F. The zero-order chi connectivity index (χ0) is 13.9. The van der Waals surface area contributed by atoms with Gasteiger partial charge < -0.3 is 5.73 Å². The third kappa shape index (κ3) is 1.68. The summed E-state index contributed by atoms with van der Waals surface area (Å²) in [5.74, 6) is -1.54. The highest BCUT2D eigenvalue weighted by Crippen LogP contribution is 2.49. The van der Waals surface area contributed by atoms with Crippen LogP contribution in [0.4, 0.5) is 24.5 Å². The van der Waals surface area contributed by atoms with Crippen molar-refractivity contribution in [2.45, 2.75) is 12.6 Å². The number of nitrogen functional groups attached to an aromatic ring is 1. The maximum Gasteiger partial charge on any atom is 0.418 e. The number of carbonyl (C=O) groups excluding carboxylic acids is 2. The molecule has 2 amide bonds. The van der Waals surface area contributed by atoms with Gasteiger partial charge in [-0.2, -0.15) is 13.2 Å². The van der Waals surface area contributed by atoms with Crippen LogP contribution in [-0.4, -0.2) is 11.8 Å². The van der Waals surface area contributed by atoms with E-state index in [9.17, 15) is 22.8 Å². The van der Waals surface area contributed by atoms with Crippen LogP contribution < -0.4 is 10.6 Å². The molecule has 1 saturated heterocycles. The fourth-order valence-electron chi connectivity index (χ4n) is 2.36. The van der Waals surface area contributed by atoms with Gasteiger partial charge >= 0.3 is 6.18 Å². The normalized spacial score (nSPS) is 25.7. The Balaban J connectivity index is 2.03. The number of fused-ring (bicyclic) bond motifs is 1. The first-order valence-electron chi connectivity index (χ1n) is 5.65. The maximum atomic E-state index is 12.7. The number of carbonyl (C=O) groups is 2. The lowest BCUT2D eigenvalue weighted by atomic mass is 10.1. The monoisotopic (exact) mass is 270 g/mol. The number of amides is 2. The molecule has 1 aliphatic heterocycles. The Kier molecular flexibility index (Phi) is 2.21. The number of imide groups is 1. The first-order valence-corrected chi connectivity index (χ1v) is 5.65. The minimum absolute atomic E-state index is 0.0660. The predicted octanol–water partition coefficient (Wildman–Crippen LogP) is 1.80. The van der Waals surface area contributed by atoms with Crippen LogP contribution in [0.25, 0.3) is 0 Å². The number of rotatable bonds is 1. The van der Waals surface area contributed by atoms with E-state index in [-0.39, 0.29) is 17.5 Å². The van der Waals surface area contributed by atoms with Gasteiger partial charge in [0.2, 0.25) is 11.8 Å². The number of anilines is 2. The van der Waals surface area contributed by atoms with Crippen LogP contribution >= 0.6 is 0 Å². The second-order valence-corrected chi connectivity index (χ2v) is 4.73. The van der Waals surface area contributed by atoms with Crippen molar-refractivity contribution in [2.75, 3.05) is 10.6 Å². The summed E-state index contributed by atoms with van der Waals surface area (Å²) in [4.78, 5) is 24.4. The predicted molar refractivity (Wildman–Crippen MR) is 59.9 cm³/mol. The topological polar surface area (TPSA) is 63.4 Å². The molecule has 0 aromatic heterocycles.